The Morgan fingerprint density at radius 1 is 0.927 bits per heavy atom. The fourth-order valence-electron chi connectivity index (χ4n) is 7.48. The quantitative estimate of drug-likeness (QED) is 0.257. The van der Waals surface area contributed by atoms with E-state index < -0.39 is 0 Å². The smallest absolute Gasteiger partial charge is 0.128 e. The standard InChI is InChI=1S/C35H60N4O2/c1-6-7-8-12-29-25-30(33-31(26-29)41-34(3,4)32-14-13-28(2)27-35(32,33)5)40-24-11-22-39-21-10-17-37-19-18-36-15-9-16-38-20-23-39/h25-27,32,36-38H,6-24H2,1-5H3/t32-,35+/m0/s1. The number of nitrogens with zero attached hydrogens (tertiary/aromatic N) is 1. The van der Waals surface area contributed by atoms with Crippen LogP contribution in [0.5, 0.6) is 11.5 Å². The fourth-order valence-corrected chi connectivity index (χ4v) is 7.48. The van der Waals surface area contributed by atoms with Crippen LogP contribution in [0.3, 0.4) is 0 Å². The van der Waals surface area contributed by atoms with Crippen LogP contribution < -0.4 is 25.4 Å². The second-order valence-corrected chi connectivity index (χ2v) is 13.5. The Labute approximate surface area is 251 Å². The molecule has 0 saturated carbocycles. The van der Waals surface area contributed by atoms with Gasteiger partial charge in [-0.2, -0.15) is 0 Å². The van der Waals surface area contributed by atoms with Gasteiger partial charge in [0.1, 0.15) is 17.1 Å². The third kappa shape index (κ3) is 8.95. The lowest BCUT2D eigenvalue weighted by atomic mass is 9.58. The largest absolute Gasteiger partial charge is 0.493 e. The highest BCUT2D eigenvalue weighted by atomic mass is 16.5. The van der Waals surface area contributed by atoms with Gasteiger partial charge >= 0.3 is 0 Å². The maximum atomic E-state index is 6.83. The Kier molecular flexibility index (Phi) is 12.4. The number of benzene rings is 1. The van der Waals surface area contributed by atoms with Gasteiger partial charge in [0.05, 0.1) is 6.61 Å². The van der Waals surface area contributed by atoms with Gasteiger partial charge in [-0.05, 0) is 110 Å². The monoisotopic (exact) mass is 568 g/mol. The van der Waals surface area contributed by atoms with Gasteiger partial charge in [-0.1, -0.05) is 38.3 Å². The minimum Gasteiger partial charge on any atom is -0.493 e. The average Bonchev–Trinajstić information content (AvgIpc) is 2.92. The predicted octanol–water partition coefficient (Wildman–Crippen LogP) is 5.84. The average molecular weight is 569 g/mol. The summed E-state index contributed by atoms with van der Waals surface area (Å²) in [5.74, 6) is 2.54. The third-order valence-corrected chi connectivity index (χ3v) is 9.54. The van der Waals surface area contributed by atoms with E-state index in [9.17, 15) is 0 Å². The highest BCUT2D eigenvalue weighted by Gasteiger charge is 2.52. The molecule has 1 aliphatic carbocycles. The molecule has 0 radical (unpaired) electrons. The van der Waals surface area contributed by atoms with E-state index in [-0.39, 0.29) is 11.0 Å². The maximum absolute atomic E-state index is 6.83. The summed E-state index contributed by atoms with van der Waals surface area (Å²) in [5.41, 5.74) is 3.86. The van der Waals surface area contributed by atoms with Gasteiger partial charge in [0, 0.05) is 49.6 Å². The van der Waals surface area contributed by atoms with E-state index in [1.54, 1.807) is 0 Å². The summed E-state index contributed by atoms with van der Waals surface area (Å²) in [6.45, 7) is 22.1. The molecule has 1 saturated heterocycles. The predicted molar refractivity (Wildman–Crippen MR) is 173 cm³/mol. The van der Waals surface area contributed by atoms with Crippen molar-refractivity contribution in [2.75, 3.05) is 65.5 Å². The van der Waals surface area contributed by atoms with Crippen LogP contribution in [0.1, 0.15) is 97.1 Å². The highest BCUT2D eigenvalue weighted by Crippen LogP contribution is 2.57. The van der Waals surface area contributed by atoms with E-state index in [0.29, 0.717) is 5.92 Å². The van der Waals surface area contributed by atoms with Crippen LogP contribution >= 0.6 is 0 Å². The van der Waals surface area contributed by atoms with E-state index in [1.165, 1.54) is 48.8 Å². The molecule has 2 atom stereocenters. The molecule has 1 aromatic carbocycles. The zero-order valence-electron chi connectivity index (χ0n) is 27.0. The summed E-state index contributed by atoms with van der Waals surface area (Å²) in [5, 5.41) is 10.7. The van der Waals surface area contributed by atoms with E-state index in [4.69, 9.17) is 9.47 Å². The van der Waals surface area contributed by atoms with E-state index in [2.05, 4.69) is 73.7 Å². The van der Waals surface area contributed by atoms with Crippen molar-refractivity contribution in [3.63, 3.8) is 0 Å². The molecule has 0 aromatic heterocycles. The number of rotatable bonds is 9. The fraction of sp³-hybridized carbons (Fsp3) is 0.771. The van der Waals surface area contributed by atoms with Gasteiger partial charge in [-0.15, -0.1) is 0 Å². The van der Waals surface area contributed by atoms with Crippen molar-refractivity contribution in [3.8, 4) is 11.5 Å². The van der Waals surface area contributed by atoms with Crippen LogP contribution in [-0.2, 0) is 11.8 Å². The number of nitrogens with one attached hydrogen (secondary N) is 3. The summed E-state index contributed by atoms with van der Waals surface area (Å²) >= 11 is 0. The van der Waals surface area contributed by atoms with Gasteiger partial charge in [0.25, 0.3) is 0 Å². The van der Waals surface area contributed by atoms with Crippen LogP contribution in [0.25, 0.3) is 0 Å². The lowest BCUT2D eigenvalue weighted by molar-refractivity contribution is -0.0148. The summed E-state index contributed by atoms with van der Waals surface area (Å²) in [7, 11) is 0. The van der Waals surface area contributed by atoms with Crippen LogP contribution in [0, 0.1) is 5.92 Å². The van der Waals surface area contributed by atoms with Crippen molar-refractivity contribution in [1.29, 1.82) is 0 Å². The van der Waals surface area contributed by atoms with Crippen molar-refractivity contribution < 1.29 is 9.47 Å². The van der Waals surface area contributed by atoms with Gasteiger partial charge < -0.3 is 30.3 Å². The molecule has 6 nitrogen and oxygen atoms in total. The van der Waals surface area contributed by atoms with Gasteiger partial charge in [0.15, 0.2) is 0 Å². The Bertz CT molecular complexity index is 963. The van der Waals surface area contributed by atoms with Crippen molar-refractivity contribution in [3.05, 3.63) is 34.9 Å². The molecule has 3 aliphatic rings. The summed E-state index contributed by atoms with van der Waals surface area (Å²) in [6, 6.07) is 4.68. The zero-order chi connectivity index (χ0) is 29.1. The molecule has 0 bridgehead atoms. The SMILES string of the molecule is CCCCCc1cc(OCCCN2CCCNCCNCCCNCC2)c2c(c1)OC(C)(C)[C@@H]1CCC(C)=C[C@@]21C. The zero-order valence-corrected chi connectivity index (χ0v) is 27.0. The molecule has 3 N–H and O–H groups in total. The van der Waals surface area contributed by atoms with E-state index in [1.807, 2.05) is 0 Å². The van der Waals surface area contributed by atoms with Crippen LogP contribution in [0.15, 0.2) is 23.8 Å². The molecule has 1 fully saturated rings. The van der Waals surface area contributed by atoms with Gasteiger partial charge in [-0.3, -0.25) is 0 Å². The Morgan fingerprint density at radius 3 is 2.46 bits per heavy atom. The lowest BCUT2D eigenvalue weighted by Gasteiger charge is -2.52. The molecule has 0 unspecified atom stereocenters. The molecule has 4 rings (SSSR count). The third-order valence-electron chi connectivity index (χ3n) is 9.54. The molecule has 2 heterocycles. The van der Waals surface area contributed by atoms with Gasteiger partial charge in [0.2, 0.25) is 0 Å². The molecule has 41 heavy (non-hydrogen) atoms. The molecule has 0 amide bonds. The number of aryl methyl sites for hydroxylation is 1. The van der Waals surface area contributed by atoms with E-state index in [0.717, 1.165) is 103 Å². The summed E-state index contributed by atoms with van der Waals surface area (Å²) in [4.78, 5) is 2.62. The summed E-state index contributed by atoms with van der Waals surface area (Å²) in [6.07, 6.45) is 13.1. The minimum absolute atomic E-state index is 0.0699. The van der Waals surface area contributed by atoms with Crippen molar-refractivity contribution in [2.45, 2.75) is 103 Å². The van der Waals surface area contributed by atoms with Crippen molar-refractivity contribution in [2.24, 2.45) is 5.92 Å². The molecule has 6 heteroatoms. The Hall–Kier alpha value is -1.60. The van der Waals surface area contributed by atoms with Crippen LogP contribution in [0.2, 0.25) is 0 Å². The molecular formula is C35H60N4O2. The topological polar surface area (TPSA) is 57.8 Å². The highest BCUT2D eigenvalue weighted by molar-refractivity contribution is 5.57. The number of hydrogen-bond donors (Lipinski definition) is 3. The second-order valence-electron chi connectivity index (χ2n) is 13.5. The van der Waals surface area contributed by atoms with Gasteiger partial charge in [-0.25, -0.2) is 0 Å². The Morgan fingerprint density at radius 2 is 1.68 bits per heavy atom. The molecule has 232 valence electrons. The lowest BCUT2D eigenvalue weighted by Crippen LogP contribution is -2.53. The minimum atomic E-state index is -0.198. The normalized spacial score (nSPS) is 26.2. The number of allylic oxidation sites excluding steroid dienone is 2. The first kappa shape index (κ1) is 32.3. The first-order valence-corrected chi connectivity index (χ1v) is 16.9. The first-order chi connectivity index (χ1) is 19.8. The first-order valence-electron chi connectivity index (χ1n) is 16.9. The number of unbranched alkanes of at least 4 members (excludes halogenated alkanes) is 2. The van der Waals surface area contributed by atoms with Crippen molar-refractivity contribution in [1.82, 2.24) is 20.9 Å². The second kappa shape index (κ2) is 15.7. The molecule has 0 spiro atoms. The number of hydrogen-bond acceptors (Lipinski definition) is 6. The maximum Gasteiger partial charge on any atom is 0.128 e. The molecule has 1 aromatic rings. The summed E-state index contributed by atoms with van der Waals surface area (Å²) < 4.78 is 13.6. The van der Waals surface area contributed by atoms with Crippen LogP contribution in [-0.4, -0.2) is 76.0 Å². The molecule has 2 aliphatic heterocycles. The van der Waals surface area contributed by atoms with Crippen molar-refractivity contribution >= 4 is 0 Å². The molecular weight excluding hydrogens is 508 g/mol. The number of fused-ring (bicyclic) bond motifs is 3. The van der Waals surface area contributed by atoms with Crippen LogP contribution in [0.4, 0.5) is 0 Å². The van der Waals surface area contributed by atoms with E-state index >= 15 is 0 Å². The number of ether oxygens (including phenoxy) is 2. The Balaban J connectivity index is 1.46.